The van der Waals surface area contributed by atoms with Crippen LogP contribution >= 0.6 is 11.6 Å². The molecule has 1 aromatic rings. The molecule has 0 fully saturated rings. The van der Waals surface area contributed by atoms with Crippen LogP contribution in [0.25, 0.3) is 0 Å². The highest BCUT2D eigenvalue weighted by atomic mass is 35.5. The maximum atomic E-state index is 9.69. The summed E-state index contributed by atoms with van der Waals surface area (Å²) < 4.78 is 5.44. The number of nitrogens with one attached hydrogen (secondary N) is 1. The van der Waals surface area contributed by atoms with Crippen molar-refractivity contribution in [3.8, 4) is 5.75 Å². The van der Waals surface area contributed by atoms with E-state index >= 15 is 0 Å². The van der Waals surface area contributed by atoms with Crippen LogP contribution in [0.2, 0.25) is 5.02 Å². The second-order valence-electron chi connectivity index (χ2n) is 3.98. The maximum absolute atomic E-state index is 9.69. The van der Waals surface area contributed by atoms with Gasteiger partial charge in [0.05, 0.1) is 0 Å². The number of halogens is 1. The van der Waals surface area contributed by atoms with Gasteiger partial charge in [-0.15, -0.1) is 0 Å². The van der Waals surface area contributed by atoms with Crippen LogP contribution in [0.1, 0.15) is 13.3 Å². The van der Waals surface area contributed by atoms with Crippen LogP contribution in [-0.2, 0) is 0 Å². The van der Waals surface area contributed by atoms with Gasteiger partial charge in [0.15, 0.2) is 0 Å². The zero-order chi connectivity index (χ0) is 13.2. The number of aliphatic hydroxyl groups excluding tert-OH is 1. The molecule has 18 heavy (non-hydrogen) atoms. The molecule has 0 aliphatic rings. The number of ether oxygens (including phenoxy) is 1. The molecule has 0 spiro atoms. The highest BCUT2D eigenvalue weighted by molar-refractivity contribution is 6.30. The molecule has 4 heteroatoms. The Labute approximate surface area is 113 Å². The van der Waals surface area contributed by atoms with E-state index < -0.39 is 6.10 Å². The Morgan fingerprint density at radius 1 is 1.39 bits per heavy atom. The summed E-state index contributed by atoms with van der Waals surface area (Å²) >= 11 is 5.76. The maximum Gasteiger partial charge on any atom is 0.119 e. The third-order valence-electron chi connectivity index (χ3n) is 2.36. The summed E-state index contributed by atoms with van der Waals surface area (Å²) in [5.41, 5.74) is 0. The van der Waals surface area contributed by atoms with Gasteiger partial charge in [-0.2, -0.15) is 0 Å². The number of benzene rings is 1. The monoisotopic (exact) mass is 269 g/mol. The molecular formula is C14H20ClNO2. The average molecular weight is 270 g/mol. The molecule has 0 radical (unpaired) electrons. The van der Waals surface area contributed by atoms with Gasteiger partial charge in [0, 0.05) is 11.6 Å². The van der Waals surface area contributed by atoms with Crippen molar-refractivity contribution < 1.29 is 9.84 Å². The van der Waals surface area contributed by atoms with Crippen molar-refractivity contribution in [3.63, 3.8) is 0 Å². The van der Waals surface area contributed by atoms with Crippen LogP contribution in [0.3, 0.4) is 0 Å². The van der Waals surface area contributed by atoms with Crippen molar-refractivity contribution in [3.05, 3.63) is 41.4 Å². The molecule has 0 heterocycles. The molecule has 2 N–H and O–H groups in total. The summed E-state index contributed by atoms with van der Waals surface area (Å²) in [6.07, 6.45) is 4.57. The van der Waals surface area contributed by atoms with E-state index in [2.05, 4.69) is 11.4 Å². The first-order valence-electron chi connectivity index (χ1n) is 6.10. The van der Waals surface area contributed by atoms with Crippen molar-refractivity contribution in [1.82, 2.24) is 5.32 Å². The Kier molecular flexibility index (Phi) is 7.49. The van der Waals surface area contributed by atoms with Crippen LogP contribution in [0.5, 0.6) is 5.75 Å². The van der Waals surface area contributed by atoms with Crippen LogP contribution < -0.4 is 10.1 Å². The molecule has 1 atom stereocenters. The van der Waals surface area contributed by atoms with E-state index in [-0.39, 0.29) is 6.61 Å². The lowest BCUT2D eigenvalue weighted by Crippen LogP contribution is -2.31. The van der Waals surface area contributed by atoms with E-state index in [4.69, 9.17) is 16.3 Å². The average Bonchev–Trinajstić information content (AvgIpc) is 2.38. The largest absolute Gasteiger partial charge is 0.491 e. The van der Waals surface area contributed by atoms with Crippen molar-refractivity contribution in [2.24, 2.45) is 0 Å². The van der Waals surface area contributed by atoms with E-state index in [0.717, 1.165) is 13.0 Å². The molecule has 3 nitrogen and oxygen atoms in total. The first-order valence-corrected chi connectivity index (χ1v) is 6.48. The molecule has 0 aliphatic heterocycles. The molecule has 0 saturated carbocycles. The molecule has 0 amide bonds. The van der Waals surface area contributed by atoms with Gasteiger partial charge >= 0.3 is 0 Å². The van der Waals surface area contributed by atoms with Gasteiger partial charge in [-0.05, 0) is 44.2 Å². The second-order valence-corrected chi connectivity index (χ2v) is 4.42. The first-order chi connectivity index (χ1) is 8.72. The van der Waals surface area contributed by atoms with Crippen molar-refractivity contribution in [2.75, 3.05) is 19.7 Å². The number of rotatable bonds is 8. The lowest BCUT2D eigenvalue weighted by Gasteiger charge is -2.13. The molecule has 100 valence electrons. The summed E-state index contributed by atoms with van der Waals surface area (Å²) in [5, 5.41) is 13.5. The van der Waals surface area contributed by atoms with E-state index in [0.29, 0.717) is 17.3 Å². The van der Waals surface area contributed by atoms with Gasteiger partial charge in [0.25, 0.3) is 0 Å². The first kappa shape index (κ1) is 15.0. The van der Waals surface area contributed by atoms with Crippen LogP contribution in [0.15, 0.2) is 36.4 Å². The number of aliphatic hydroxyl groups is 1. The molecule has 0 aliphatic carbocycles. The highest BCUT2D eigenvalue weighted by Gasteiger charge is 2.04. The lowest BCUT2D eigenvalue weighted by atomic mass is 10.3. The molecule has 0 saturated heterocycles. The second kappa shape index (κ2) is 8.97. The van der Waals surface area contributed by atoms with Crippen molar-refractivity contribution >= 4 is 11.6 Å². The number of hydrogen-bond acceptors (Lipinski definition) is 3. The summed E-state index contributed by atoms with van der Waals surface area (Å²) in [5.74, 6) is 0.715. The zero-order valence-electron chi connectivity index (χ0n) is 10.6. The molecule has 1 unspecified atom stereocenters. The Hall–Kier alpha value is -1.03. The van der Waals surface area contributed by atoms with Gasteiger partial charge in [-0.25, -0.2) is 0 Å². The van der Waals surface area contributed by atoms with Gasteiger partial charge in [0.1, 0.15) is 18.5 Å². The number of hydrogen-bond donors (Lipinski definition) is 2. The van der Waals surface area contributed by atoms with Crippen molar-refractivity contribution in [2.45, 2.75) is 19.4 Å². The van der Waals surface area contributed by atoms with Gasteiger partial charge in [0.2, 0.25) is 0 Å². The fraction of sp³-hybridized carbons (Fsp3) is 0.429. The summed E-state index contributed by atoms with van der Waals surface area (Å²) in [6, 6.07) is 7.10. The molecule has 0 aromatic heterocycles. The van der Waals surface area contributed by atoms with E-state index in [1.807, 2.05) is 13.0 Å². The molecule has 1 aromatic carbocycles. The Morgan fingerprint density at radius 2 is 2.11 bits per heavy atom. The number of allylic oxidation sites excluding steroid dienone is 1. The third-order valence-corrected chi connectivity index (χ3v) is 2.61. The lowest BCUT2D eigenvalue weighted by molar-refractivity contribution is 0.107. The van der Waals surface area contributed by atoms with Crippen LogP contribution in [0.4, 0.5) is 0 Å². The predicted molar refractivity (Wildman–Crippen MR) is 75.3 cm³/mol. The Bertz CT molecular complexity index is 351. The van der Waals surface area contributed by atoms with E-state index in [9.17, 15) is 5.11 Å². The van der Waals surface area contributed by atoms with Crippen LogP contribution in [-0.4, -0.2) is 30.9 Å². The predicted octanol–water partition coefficient (Wildman–Crippen LogP) is 2.64. The summed E-state index contributed by atoms with van der Waals surface area (Å²) in [6.45, 7) is 3.67. The smallest absolute Gasteiger partial charge is 0.119 e. The van der Waals surface area contributed by atoms with Gasteiger partial charge in [-0.3, -0.25) is 0 Å². The molecule has 1 rings (SSSR count). The van der Waals surface area contributed by atoms with Crippen LogP contribution in [0, 0.1) is 0 Å². The minimum Gasteiger partial charge on any atom is -0.491 e. The van der Waals surface area contributed by atoms with E-state index in [1.165, 1.54) is 0 Å². The zero-order valence-corrected chi connectivity index (χ0v) is 11.4. The van der Waals surface area contributed by atoms with Gasteiger partial charge in [-0.1, -0.05) is 23.8 Å². The topological polar surface area (TPSA) is 41.5 Å². The normalized spacial score (nSPS) is 12.8. The minimum atomic E-state index is -0.508. The quantitative estimate of drug-likeness (QED) is 0.563. The Balaban J connectivity index is 2.12. The highest BCUT2D eigenvalue weighted by Crippen LogP contribution is 2.15. The van der Waals surface area contributed by atoms with Gasteiger partial charge < -0.3 is 15.2 Å². The minimum absolute atomic E-state index is 0.276. The fourth-order valence-electron chi connectivity index (χ4n) is 1.40. The third kappa shape index (κ3) is 6.64. The SMILES string of the molecule is C/C=C/CCNCC(O)COc1ccc(Cl)cc1. The summed E-state index contributed by atoms with van der Waals surface area (Å²) in [4.78, 5) is 0. The molecular weight excluding hydrogens is 250 g/mol. The van der Waals surface area contributed by atoms with E-state index in [1.54, 1.807) is 24.3 Å². The summed E-state index contributed by atoms with van der Waals surface area (Å²) in [7, 11) is 0. The fourth-order valence-corrected chi connectivity index (χ4v) is 1.53. The Morgan fingerprint density at radius 3 is 2.78 bits per heavy atom. The molecule has 0 bridgehead atoms. The standard InChI is InChI=1S/C14H20ClNO2/c1-2-3-4-9-16-10-13(17)11-18-14-7-5-12(15)6-8-14/h2-3,5-8,13,16-17H,4,9-11H2,1H3/b3-2+. The van der Waals surface area contributed by atoms with Crippen molar-refractivity contribution in [1.29, 1.82) is 0 Å².